The van der Waals surface area contributed by atoms with Crippen LogP contribution in [0, 0.1) is 5.41 Å². The number of ether oxygens (including phenoxy) is 1. The predicted molar refractivity (Wildman–Crippen MR) is 57.4 cm³/mol. The van der Waals surface area contributed by atoms with Crippen molar-refractivity contribution in [3.63, 3.8) is 0 Å². The molecule has 0 aromatic heterocycles. The summed E-state index contributed by atoms with van der Waals surface area (Å²) in [5.74, 6) is -0.294. The van der Waals surface area contributed by atoms with Gasteiger partial charge in [-0.1, -0.05) is 6.08 Å². The number of carbonyl (C=O) groups is 2. The molecule has 0 amide bonds. The molecule has 0 radical (unpaired) electrons. The molecule has 15 heavy (non-hydrogen) atoms. The Morgan fingerprint density at radius 2 is 2.40 bits per heavy atom. The van der Waals surface area contributed by atoms with Crippen molar-refractivity contribution < 1.29 is 14.3 Å². The first-order valence-corrected chi connectivity index (χ1v) is 5.49. The van der Waals surface area contributed by atoms with Gasteiger partial charge in [0.05, 0.1) is 6.61 Å². The summed E-state index contributed by atoms with van der Waals surface area (Å²) in [6.07, 6.45) is 4.93. The van der Waals surface area contributed by atoms with E-state index in [1.165, 1.54) is 0 Å². The minimum absolute atomic E-state index is 0.0443. The summed E-state index contributed by atoms with van der Waals surface area (Å²) >= 11 is 0. The van der Waals surface area contributed by atoms with Gasteiger partial charge < -0.3 is 4.74 Å². The standard InChI is InChI=1S/C12H18O3/c1-3-5-8-12(11(14)15-4-2)9-6-7-10(12)13/h3H,1,4-9H2,2H3/t12-/m1/s1. The zero-order chi connectivity index (χ0) is 11.3. The third-order valence-corrected chi connectivity index (χ3v) is 2.98. The number of ketones is 1. The fraction of sp³-hybridized carbons (Fsp3) is 0.667. The highest BCUT2D eigenvalue weighted by atomic mass is 16.5. The van der Waals surface area contributed by atoms with Crippen molar-refractivity contribution in [2.45, 2.75) is 39.0 Å². The van der Waals surface area contributed by atoms with Crippen LogP contribution in [0.4, 0.5) is 0 Å². The summed E-state index contributed by atoms with van der Waals surface area (Å²) in [6, 6.07) is 0. The average molecular weight is 210 g/mol. The van der Waals surface area contributed by atoms with Gasteiger partial charge >= 0.3 is 5.97 Å². The van der Waals surface area contributed by atoms with Gasteiger partial charge in [0.2, 0.25) is 0 Å². The lowest BCUT2D eigenvalue weighted by Crippen LogP contribution is -2.36. The number of hydrogen-bond donors (Lipinski definition) is 0. The van der Waals surface area contributed by atoms with Crippen LogP contribution < -0.4 is 0 Å². The Balaban J connectivity index is 2.80. The second-order valence-corrected chi connectivity index (χ2v) is 3.91. The first-order chi connectivity index (χ1) is 7.17. The summed E-state index contributed by atoms with van der Waals surface area (Å²) in [5, 5.41) is 0. The van der Waals surface area contributed by atoms with Crippen LogP contribution in [0.1, 0.15) is 39.0 Å². The van der Waals surface area contributed by atoms with E-state index in [1.807, 2.05) is 0 Å². The molecule has 84 valence electrons. The molecule has 3 heteroatoms. The van der Waals surface area contributed by atoms with Gasteiger partial charge in [0.15, 0.2) is 0 Å². The maximum absolute atomic E-state index is 11.8. The van der Waals surface area contributed by atoms with Crippen molar-refractivity contribution in [2.24, 2.45) is 5.41 Å². The monoisotopic (exact) mass is 210 g/mol. The molecular weight excluding hydrogens is 192 g/mol. The normalized spacial score (nSPS) is 25.3. The van der Waals surface area contributed by atoms with E-state index >= 15 is 0 Å². The molecule has 3 nitrogen and oxygen atoms in total. The van der Waals surface area contributed by atoms with Gasteiger partial charge in [0.25, 0.3) is 0 Å². The molecule has 0 spiro atoms. The van der Waals surface area contributed by atoms with Crippen LogP contribution in [-0.2, 0) is 14.3 Å². The van der Waals surface area contributed by atoms with E-state index in [4.69, 9.17) is 4.74 Å². The van der Waals surface area contributed by atoms with E-state index in [2.05, 4.69) is 6.58 Å². The zero-order valence-electron chi connectivity index (χ0n) is 9.25. The van der Waals surface area contributed by atoms with E-state index in [9.17, 15) is 9.59 Å². The van der Waals surface area contributed by atoms with E-state index in [-0.39, 0.29) is 11.8 Å². The number of rotatable bonds is 5. The minimum atomic E-state index is -0.857. The maximum Gasteiger partial charge on any atom is 0.319 e. The third kappa shape index (κ3) is 2.28. The topological polar surface area (TPSA) is 43.4 Å². The predicted octanol–water partition coefficient (Wildman–Crippen LogP) is 2.26. The Hall–Kier alpha value is -1.12. The number of esters is 1. The summed E-state index contributed by atoms with van der Waals surface area (Å²) in [6.45, 7) is 5.72. The van der Waals surface area contributed by atoms with Crippen LogP contribution in [0.3, 0.4) is 0 Å². The second kappa shape index (κ2) is 5.10. The lowest BCUT2D eigenvalue weighted by Gasteiger charge is -2.24. The molecule has 0 unspecified atom stereocenters. The molecule has 1 fully saturated rings. The smallest absolute Gasteiger partial charge is 0.319 e. The van der Waals surface area contributed by atoms with Crippen LogP contribution in [0.2, 0.25) is 0 Å². The highest BCUT2D eigenvalue weighted by Crippen LogP contribution is 2.40. The molecule has 0 saturated heterocycles. The lowest BCUT2D eigenvalue weighted by molar-refractivity contribution is -0.159. The summed E-state index contributed by atoms with van der Waals surface area (Å²) in [4.78, 5) is 23.6. The number of carbonyl (C=O) groups excluding carboxylic acids is 2. The SMILES string of the molecule is C=CCC[C@@]1(C(=O)OCC)CCCC1=O. The third-order valence-electron chi connectivity index (χ3n) is 2.98. The molecule has 0 aromatic carbocycles. The van der Waals surface area contributed by atoms with Gasteiger partial charge in [0.1, 0.15) is 11.2 Å². The summed E-state index contributed by atoms with van der Waals surface area (Å²) < 4.78 is 5.00. The number of hydrogen-bond acceptors (Lipinski definition) is 3. The molecule has 0 heterocycles. The Kier molecular flexibility index (Phi) is 4.06. The van der Waals surface area contributed by atoms with Gasteiger partial charge in [-0.2, -0.15) is 0 Å². The first kappa shape index (κ1) is 12.0. The Bertz CT molecular complexity index is 270. The number of Topliss-reactive ketones (excluding diaryl/α,β-unsaturated/α-hetero) is 1. The Morgan fingerprint density at radius 3 is 2.87 bits per heavy atom. The molecule has 1 aliphatic rings. The molecule has 1 atom stereocenters. The fourth-order valence-electron chi connectivity index (χ4n) is 2.13. The van der Waals surface area contributed by atoms with Crippen LogP contribution in [-0.4, -0.2) is 18.4 Å². The quantitative estimate of drug-likeness (QED) is 0.397. The van der Waals surface area contributed by atoms with Gasteiger partial charge in [-0.15, -0.1) is 6.58 Å². The molecule has 0 bridgehead atoms. The summed E-state index contributed by atoms with van der Waals surface area (Å²) in [5.41, 5.74) is -0.857. The second-order valence-electron chi connectivity index (χ2n) is 3.91. The van der Waals surface area contributed by atoms with Gasteiger partial charge in [-0.25, -0.2) is 0 Å². The largest absolute Gasteiger partial charge is 0.465 e. The van der Waals surface area contributed by atoms with Crippen molar-refractivity contribution in [1.29, 1.82) is 0 Å². The summed E-state index contributed by atoms with van der Waals surface area (Å²) in [7, 11) is 0. The van der Waals surface area contributed by atoms with Gasteiger partial charge in [-0.3, -0.25) is 9.59 Å². The maximum atomic E-state index is 11.8. The van der Waals surface area contributed by atoms with Crippen molar-refractivity contribution in [3.8, 4) is 0 Å². The van der Waals surface area contributed by atoms with Crippen molar-refractivity contribution >= 4 is 11.8 Å². The molecule has 1 aliphatic carbocycles. The van der Waals surface area contributed by atoms with Crippen LogP contribution in [0.25, 0.3) is 0 Å². The molecule has 1 saturated carbocycles. The van der Waals surface area contributed by atoms with E-state index in [0.29, 0.717) is 32.3 Å². The molecule has 0 aliphatic heterocycles. The van der Waals surface area contributed by atoms with E-state index < -0.39 is 5.41 Å². The average Bonchev–Trinajstić information content (AvgIpc) is 2.58. The van der Waals surface area contributed by atoms with E-state index in [0.717, 1.165) is 6.42 Å². The molecule has 0 aromatic rings. The van der Waals surface area contributed by atoms with E-state index in [1.54, 1.807) is 13.0 Å². The van der Waals surface area contributed by atoms with Crippen LogP contribution in [0.5, 0.6) is 0 Å². The van der Waals surface area contributed by atoms with Crippen molar-refractivity contribution in [3.05, 3.63) is 12.7 Å². The van der Waals surface area contributed by atoms with Gasteiger partial charge in [-0.05, 0) is 32.6 Å². The van der Waals surface area contributed by atoms with Gasteiger partial charge in [0, 0.05) is 6.42 Å². The molecule has 1 rings (SSSR count). The number of allylic oxidation sites excluding steroid dienone is 1. The van der Waals surface area contributed by atoms with Crippen LogP contribution in [0.15, 0.2) is 12.7 Å². The molecule has 0 N–H and O–H groups in total. The molecular formula is C12H18O3. The van der Waals surface area contributed by atoms with Crippen molar-refractivity contribution in [1.82, 2.24) is 0 Å². The van der Waals surface area contributed by atoms with Crippen molar-refractivity contribution in [2.75, 3.05) is 6.61 Å². The minimum Gasteiger partial charge on any atom is -0.465 e. The Morgan fingerprint density at radius 1 is 1.67 bits per heavy atom. The Labute approximate surface area is 90.5 Å². The zero-order valence-corrected chi connectivity index (χ0v) is 9.25. The lowest BCUT2D eigenvalue weighted by atomic mass is 9.80. The highest BCUT2D eigenvalue weighted by Gasteiger charge is 2.48. The van der Waals surface area contributed by atoms with Crippen LogP contribution >= 0.6 is 0 Å². The highest BCUT2D eigenvalue weighted by molar-refractivity contribution is 6.05. The fourth-order valence-corrected chi connectivity index (χ4v) is 2.13. The first-order valence-electron chi connectivity index (χ1n) is 5.49.